The van der Waals surface area contributed by atoms with Crippen LogP contribution in [0, 0.1) is 11.8 Å². The third kappa shape index (κ3) is 3.77. The Morgan fingerprint density at radius 1 is 1.50 bits per heavy atom. The summed E-state index contributed by atoms with van der Waals surface area (Å²) in [6.07, 6.45) is 4.36. The summed E-state index contributed by atoms with van der Waals surface area (Å²) in [5.41, 5.74) is 8.33. The van der Waals surface area contributed by atoms with Gasteiger partial charge in [-0.3, -0.25) is 0 Å². The van der Waals surface area contributed by atoms with E-state index in [1.54, 1.807) is 0 Å². The highest BCUT2D eigenvalue weighted by Crippen LogP contribution is 2.25. The molecule has 0 aromatic heterocycles. The second kappa shape index (κ2) is 4.98. The van der Waals surface area contributed by atoms with Gasteiger partial charge in [0, 0.05) is 5.71 Å². The van der Waals surface area contributed by atoms with Gasteiger partial charge in [-0.1, -0.05) is 13.8 Å². The molecule has 0 aromatic carbocycles. The number of nitrogens with zero attached hydrogens (tertiary/aromatic N) is 1. The van der Waals surface area contributed by atoms with E-state index < -0.39 is 6.03 Å². The summed E-state index contributed by atoms with van der Waals surface area (Å²) in [6.45, 7) is 4.49. The van der Waals surface area contributed by atoms with Crippen molar-refractivity contribution in [2.75, 3.05) is 0 Å². The molecule has 80 valence electrons. The molecule has 1 fully saturated rings. The Bertz CT molecular complexity index is 238. The molecule has 2 atom stereocenters. The molecular formula is C10H19N3O. The second-order valence-electron chi connectivity index (χ2n) is 4.34. The van der Waals surface area contributed by atoms with Crippen molar-refractivity contribution in [2.24, 2.45) is 22.7 Å². The average Bonchev–Trinajstić information content (AvgIpc) is 2.23. The summed E-state index contributed by atoms with van der Waals surface area (Å²) in [4.78, 5) is 10.5. The summed E-state index contributed by atoms with van der Waals surface area (Å²) < 4.78 is 0. The molecule has 1 aliphatic rings. The van der Waals surface area contributed by atoms with Gasteiger partial charge in [-0.2, -0.15) is 5.10 Å². The number of hydrogen-bond donors (Lipinski definition) is 2. The van der Waals surface area contributed by atoms with Crippen LogP contribution in [0.3, 0.4) is 0 Å². The number of primary amides is 1. The molecule has 14 heavy (non-hydrogen) atoms. The highest BCUT2D eigenvalue weighted by Gasteiger charge is 2.17. The lowest BCUT2D eigenvalue weighted by atomic mass is 9.96. The summed E-state index contributed by atoms with van der Waals surface area (Å²) in [7, 11) is 0. The van der Waals surface area contributed by atoms with Crippen molar-refractivity contribution in [2.45, 2.75) is 39.5 Å². The Balaban J connectivity index is 2.52. The lowest BCUT2D eigenvalue weighted by Crippen LogP contribution is -2.26. The standard InChI is InChI=1S/C10H19N3O/c1-7-3-4-9(6-8(2)5-7)12-13-10(11)14/h7-8H,3-6H2,1-2H3,(H3,11,13,14)/b12-9-/t7-,8-/m1/s1. The zero-order valence-corrected chi connectivity index (χ0v) is 8.92. The van der Waals surface area contributed by atoms with E-state index in [0.29, 0.717) is 5.92 Å². The van der Waals surface area contributed by atoms with Crippen molar-refractivity contribution in [3.63, 3.8) is 0 Å². The molecule has 0 saturated heterocycles. The first-order chi connectivity index (χ1) is 6.58. The van der Waals surface area contributed by atoms with Crippen LogP contribution in [0.25, 0.3) is 0 Å². The third-order valence-electron chi connectivity index (χ3n) is 2.64. The quantitative estimate of drug-likeness (QED) is 0.489. The average molecular weight is 197 g/mol. The van der Waals surface area contributed by atoms with Gasteiger partial charge in [0.15, 0.2) is 0 Å². The van der Waals surface area contributed by atoms with E-state index >= 15 is 0 Å². The highest BCUT2D eigenvalue weighted by molar-refractivity contribution is 5.86. The van der Waals surface area contributed by atoms with Crippen LogP contribution in [0.5, 0.6) is 0 Å². The Morgan fingerprint density at radius 2 is 2.21 bits per heavy atom. The Kier molecular flexibility index (Phi) is 3.92. The number of urea groups is 1. The van der Waals surface area contributed by atoms with Crippen molar-refractivity contribution in [3.8, 4) is 0 Å². The fraction of sp³-hybridized carbons (Fsp3) is 0.800. The molecule has 0 spiro atoms. The van der Waals surface area contributed by atoms with E-state index in [1.165, 1.54) is 6.42 Å². The van der Waals surface area contributed by atoms with Crippen LogP contribution < -0.4 is 11.2 Å². The van der Waals surface area contributed by atoms with Crippen molar-refractivity contribution < 1.29 is 4.79 Å². The number of nitrogens with two attached hydrogens (primary N) is 1. The minimum Gasteiger partial charge on any atom is -0.350 e. The molecule has 2 amide bonds. The van der Waals surface area contributed by atoms with Crippen molar-refractivity contribution in [1.82, 2.24) is 5.43 Å². The Morgan fingerprint density at radius 3 is 2.86 bits per heavy atom. The minimum atomic E-state index is -0.581. The summed E-state index contributed by atoms with van der Waals surface area (Å²) in [5, 5.41) is 4.02. The van der Waals surface area contributed by atoms with E-state index in [0.717, 1.165) is 30.9 Å². The van der Waals surface area contributed by atoms with Crippen LogP contribution in [0.2, 0.25) is 0 Å². The van der Waals surface area contributed by atoms with Crippen LogP contribution >= 0.6 is 0 Å². The molecule has 3 N–H and O–H groups in total. The molecule has 0 bridgehead atoms. The van der Waals surface area contributed by atoms with Crippen molar-refractivity contribution >= 4 is 11.7 Å². The fourth-order valence-corrected chi connectivity index (χ4v) is 2.04. The lowest BCUT2D eigenvalue weighted by Gasteiger charge is -2.10. The molecular weight excluding hydrogens is 178 g/mol. The second-order valence-corrected chi connectivity index (χ2v) is 4.34. The van der Waals surface area contributed by atoms with E-state index in [1.807, 2.05) is 0 Å². The smallest absolute Gasteiger partial charge is 0.332 e. The maximum Gasteiger partial charge on any atom is 0.332 e. The fourth-order valence-electron chi connectivity index (χ4n) is 2.04. The number of carbonyl (C=O) groups is 1. The SMILES string of the molecule is C[C@@H]1CC/C(=N/NC(N)=O)C[C@H](C)C1. The van der Waals surface area contributed by atoms with Crippen molar-refractivity contribution in [1.29, 1.82) is 0 Å². The van der Waals surface area contributed by atoms with E-state index in [9.17, 15) is 4.79 Å². The number of amides is 2. The molecule has 1 rings (SSSR count). The van der Waals surface area contributed by atoms with Crippen LogP contribution in [-0.2, 0) is 0 Å². The molecule has 0 aromatic rings. The van der Waals surface area contributed by atoms with Gasteiger partial charge in [0.25, 0.3) is 0 Å². The molecule has 0 unspecified atom stereocenters. The van der Waals surface area contributed by atoms with Gasteiger partial charge in [0.05, 0.1) is 0 Å². The molecule has 1 saturated carbocycles. The first-order valence-corrected chi connectivity index (χ1v) is 5.18. The number of nitrogens with one attached hydrogen (secondary N) is 1. The zero-order chi connectivity index (χ0) is 10.6. The highest BCUT2D eigenvalue weighted by atomic mass is 16.2. The van der Waals surface area contributed by atoms with Crippen LogP contribution in [-0.4, -0.2) is 11.7 Å². The normalized spacial score (nSPS) is 31.1. The largest absolute Gasteiger partial charge is 0.350 e. The Labute approximate surface area is 84.9 Å². The maximum absolute atomic E-state index is 10.5. The number of carbonyl (C=O) groups excluding carboxylic acids is 1. The van der Waals surface area contributed by atoms with Gasteiger partial charge in [0.1, 0.15) is 0 Å². The maximum atomic E-state index is 10.5. The lowest BCUT2D eigenvalue weighted by molar-refractivity contribution is 0.249. The molecule has 4 heteroatoms. The number of hydrazone groups is 1. The number of hydrogen-bond acceptors (Lipinski definition) is 2. The van der Waals surface area contributed by atoms with Crippen LogP contribution in [0.15, 0.2) is 5.10 Å². The predicted molar refractivity (Wildman–Crippen MR) is 57.0 cm³/mol. The topological polar surface area (TPSA) is 67.5 Å². The van der Waals surface area contributed by atoms with Gasteiger partial charge < -0.3 is 5.73 Å². The van der Waals surface area contributed by atoms with Crippen molar-refractivity contribution in [3.05, 3.63) is 0 Å². The molecule has 0 radical (unpaired) electrons. The third-order valence-corrected chi connectivity index (χ3v) is 2.64. The van der Waals surface area contributed by atoms with E-state index in [4.69, 9.17) is 5.73 Å². The zero-order valence-electron chi connectivity index (χ0n) is 8.92. The Hall–Kier alpha value is -1.06. The molecule has 4 nitrogen and oxygen atoms in total. The van der Waals surface area contributed by atoms with E-state index in [2.05, 4.69) is 24.4 Å². The summed E-state index contributed by atoms with van der Waals surface area (Å²) in [5.74, 6) is 1.41. The monoisotopic (exact) mass is 197 g/mol. The van der Waals surface area contributed by atoms with Crippen LogP contribution in [0.1, 0.15) is 39.5 Å². The first-order valence-electron chi connectivity index (χ1n) is 5.18. The van der Waals surface area contributed by atoms with Gasteiger partial charge in [-0.05, 0) is 37.5 Å². The molecule has 0 aliphatic heterocycles. The first kappa shape index (κ1) is 11.0. The summed E-state index contributed by atoms with van der Waals surface area (Å²) in [6, 6.07) is -0.581. The predicted octanol–water partition coefficient (Wildman–Crippen LogP) is 1.86. The van der Waals surface area contributed by atoms with Gasteiger partial charge in [0.2, 0.25) is 0 Å². The van der Waals surface area contributed by atoms with Gasteiger partial charge in [-0.25, -0.2) is 10.2 Å². The van der Waals surface area contributed by atoms with Gasteiger partial charge in [-0.15, -0.1) is 0 Å². The molecule has 1 aliphatic carbocycles. The van der Waals surface area contributed by atoms with E-state index in [-0.39, 0.29) is 0 Å². The number of rotatable bonds is 1. The van der Waals surface area contributed by atoms with Gasteiger partial charge >= 0.3 is 6.03 Å². The summed E-state index contributed by atoms with van der Waals surface area (Å²) >= 11 is 0. The minimum absolute atomic E-state index is 0.581. The van der Waals surface area contributed by atoms with Crippen LogP contribution in [0.4, 0.5) is 4.79 Å². The molecule has 0 heterocycles.